The Kier molecular flexibility index (Phi) is 3.30. The fourth-order valence-electron chi connectivity index (χ4n) is 2.51. The molecule has 0 bridgehead atoms. The zero-order valence-corrected chi connectivity index (χ0v) is 11.5. The van der Waals surface area contributed by atoms with E-state index in [2.05, 4.69) is 24.0 Å². The van der Waals surface area contributed by atoms with Crippen LogP contribution in [0.4, 0.5) is 5.69 Å². The van der Waals surface area contributed by atoms with Gasteiger partial charge in [-0.05, 0) is 20.9 Å². The third-order valence-corrected chi connectivity index (χ3v) is 3.56. The SMILES string of the molecule is Cc1nn(C)c(C(=O)N2CCN(C)CC2C)c1N. The number of amides is 1. The Morgan fingerprint density at radius 3 is 2.56 bits per heavy atom. The van der Waals surface area contributed by atoms with Crippen molar-refractivity contribution in [3.63, 3.8) is 0 Å². The summed E-state index contributed by atoms with van der Waals surface area (Å²) >= 11 is 0. The highest BCUT2D eigenvalue weighted by molar-refractivity contribution is 5.98. The van der Waals surface area contributed by atoms with E-state index in [0.29, 0.717) is 17.1 Å². The summed E-state index contributed by atoms with van der Waals surface area (Å²) in [5, 5.41) is 4.20. The summed E-state index contributed by atoms with van der Waals surface area (Å²) in [6.07, 6.45) is 0. The first-order valence-electron chi connectivity index (χ1n) is 6.20. The molecule has 6 nitrogen and oxygen atoms in total. The molecule has 0 aliphatic carbocycles. The summed E-state index contributed by atoms with van der Waals surface area (Å²) in [6, 6.07) is 0.200. The summed E-state index contributed by atoms with van der Waals surface area (Å²) in [7, 11) is 3.83. The van der Waals surface area contributed by atoms with Crippen LogP contribution in [0.1, 0.15) is 23.1 Å². The van der Waals surface area contributed by atoms with Crippen molar-refractivity contribution in [3.8, 4) is 0 Å². The molecular formula is C12H21N5O. The molecule has 1 atom stereocenters. The fourth-order valence-corrected chi connectivity index (χ4v) is 2.51. The van der Waals surface area contributed by atoms with Gasteiger partial charge in [0.15, 0.2) is 0 Å². The smallest absolute Gasteiger partial charge is 0.274 e. The Bertz CT molecular complexity index is 467. The lowest BCUT2D eigenvalue weighted by atomic mass is 10.1. The number of nitrogens with zero attached hydrogens (tertiary/aromatic N) is 4. The number of anilines is 1. The van der Waals surface area contributed by atoms with Crippen LogP contribution >= 0.6 is 0 Å². The molecule has 1 amide bonds. The average molecular weight is 251 g/mol. The van der Waals surface area contributed by atoms with Crippen molar-refractivity contribution in [3.05, 3.63) is 11.4 Å². The number of aryl methyl sites for hydroxylation is 2. The lowest BCUT2D eigenvalue weighted by Gasteiger charge is -2.38. The molecule has 1 aliphatic heterocycles. The molecule has 1 aliphatic rings. The van der Waals surface area contributed by atoms with E-state index < -0.39 is 0 Å². The Morgan fingerprint density at radius 1 is 1.39 bits per heavy atom. The van der Waals surface area contributed by atoms with Gasteiger partial charge >= 0.3 is 0 Å². The van der Waals surface area contributed by atoms with Crippen molar-refractivity contribution in [2.24, 2.45) is 7.05 Å². The second-order valence-corrected chi connectivity index (χ2v) is 5.08. The summed E-state index contributed by atoms with van der Waals surface area (Å²) in [5.41, 5.74) is 7.65. The molecule has 6 heteroatoms. The second-order valence-electron chi connectivity index (χ2n) is 5.08. The maximum atomic E-state index is 12.5. The molecule has 0 saturated carbocycles. The van der Waals surface area contributed by atoms with Gasteiger partial charge in [-0.2, -0.15) is 5.10 Å². The molecule has 0 aromatic carbocycles. The molecule has 1 unspecified atom stereocenters. The topological polar surface area (TPSA) is 67.4 Å². The predicted octanol–water partition coefficient (Wildman–Crippen LogP) is 0.0868. The van der Waals surface area contributed by atoms with Crippen molar-refractivity contribution in [2.45, 2.75) is 19.9 Å². The van der Waals surface area contributed by atoms with Crippen LogP contribution in [0.25, 0.3) is 0 Å². The summed E-state index contributed by atoms with van der Waals surface area (Å²) in [5.74, 6) is -0.0174. The summed E-state index contributed by atoms with van der Waals surface area (Å²) in [4.78, 5) is 16.6. The highest BCUT2D eigenvalue weighted by Gasteiger charge is 2.30. The van der Waals surface area contributed by atoms with Gasteiger partial charge in [0.1, 0.15) is 5.69 Å². The first-order valence-corrected chi connectivity index (χ1v) is 6.20. The van der Waals surface area contributed by atoms with Crippen LogP contribution in [0, 0.1) is 6.92 Å². The van der Waals surface area contributed by atoms with E-state index in [1.807, 2.05) is 11.8 Å². The minimum Gasteiger partial charge on any atom is -0.395 e. The van der Waals surface area contributed by atoms with Crippen molar-refractivity contribution >= 4 is 11.6 Å². The zero-order chi connectivity index (χ0) is 13.4. The van der Waals surface area contributed by atoms with Crippen LogP contribution in [0.5, 0.6) is 0 Å². The van der Waals surface area contributed by atoms with E-state index >= 15 is 0 Å². The van der Waals surface area contributed by atoms with E-state index in [1.165, 1.54) is 0 Å². The third-order valence-electron chi connectivity index (χ3n) is 3.56. The average Bonchev–Trinajstić information content (AvgIpc) is 2.52. The number of hydrogen-bond acceptors (Lipinski definition) is 4. The van der Waals surface area contributed by atoms with E-state index in [-0.39, 0.29) is 11.9 Å². The number of hydrogen-bond donors (Lipinski definition) is 1. The van der Waals surface area contributed by atoms with Crippen LogP contribution in [0.3, 0.4) is 0 Å². The van der Waals surface area contributed by atoms with E-state index in [0.717, 1.165) is 19.6 Å². The van der Waals surface area contributed by atoms with Gasteiger partial charge in [0, 0.05) is 32.7 Å². The highest BCUT2D eigenvalue weighted by atomic mass is 16.2. The molecule has 2 rings (SSSR count). The molecule has 18 heavy (non-hydrogen) atoms. The van der Waals surface area contributed by atoms with Gasteiger partial charge < -0.3 is 15.5 Å². The number of carbonyl (C=O) groups excluding carboxylic acids is 1. The summed E-state index contributed by atoms with van der Waals surface area (Å²) in [6.45, 7) is 6.40. The third kappa shape index (κ3) is 2.08. The van der Waals surface area contributed by atoms with Crippen LogP contribution < -0.4 is 5.73 Å². The molecule has 0 radical (unpaired) electrons. The van der Waals surface area contributed by atoms with Crippen molar-refractivity contribution < 1.29 is 4.79 Å². The van der Waals surface area contributed by atoms with Crippen LogP contribution in [0.15, 0.2) is 0 Å². The first kappa shape index (κ1) is 12.9. The van der Waals surface area contributed by atoms with Gasteiger partial charge in [0.25, 0.3) is 5.91 Å². The number of nitrogens with two attached hydrogens (primary N) is 1. The molecule has 0 spiro atoms. The molecule has 100 valence electrons. The molecule has 2 heterocycles. The van der Waals surface area contributed by atoms with Gasteiger partial charge in [-0.15, -0.1) is 0 Å². The van der Waals surface area contributed by atoms with E-state index in [9.17, 15) is 4.79 Å². The number of rotatable bonds is 1. The van der Waals surface area contributed by atoms with Crippen molar-refractivity contribution in [1.82, 2.24) is 19.6 Å². The molecule has 1 aromatic heterocycles. The van der Waals surface area contributed by atoms with Gasteiger partial charge in [-0.25, -0.2) is 0 Å². The summed E-state index contributed by atoms with van der Waals surface area (Å²) < 4.78 is 1.58. The number of aromatic nitrogens is 2. The molecule has 1 saturated heterocycles. The van der Waals surface area contributed by atoms with Gasteiger partial charge in [0.05, 0.1) is 11.4 Å². The fraction of sp³-hybridized carbons (Fsp3) is 0.667. The largest absolute Gasteiger partial charge is 0.395 e. The number of nitrogen functional groups attached to an aromatic ring is 1. The lowest BCUT2D eigenvalue weighted by molar-refractivity contribution is 0.0524. The Balaban J connectivity index is 2.26. The Hall–Kier alpha value is -1.56. The number of carbonyl (C=O) groups is 1. The van der Waals surface area contributed by atoms with Crippen molar-refractivity contribution in [2.75, 3.05) is 32.4 Å². The lowest BCUT2D eigenvalue weighted by Crippen LogP contribution is -2.53. The Morgan fingerprint density at radius 2 is 2.06 bits per heavy atom. The minimum atomic E-state index is -0.0174. The van der Waals surface area contributed by atoms with Crippen LogP contribution in [-0.2, 0) is 7.05 Å². The zero-order valence-electron chi connectivity index (χ0n) is 11.5. The van der Waals surface area contributed by atoms with Crippen LogP contribution in [0.2, 0.25) is 0 Å². The predicted molar refractivity (Wildman–Crippen MR) is 70.4 cm³/mol. The minimum absolute atomic E-state index is 0.0174. The quantitative estimate of drug-likeness (QED) is 0.768. The maximum Gasteiger partial charge on any atom is 0.274 e. The van der Waals surface area contributed by atoms with Gasteiger partial charge in [-0.1, -0.05) is 0 Å². The first-order chi connectivity index (χ1) is 8.41. The van der Waals surface area contributed by atoms with Crippen LogP contribution in [-0.4, -0.2) is 58.2 Å². The van der Waals surface area contributed by atoms with Gasteiger partial charge in [0.2, 0.25) is 0 Å². The van der Waals surface area contributed by atoms with E-state index in [1.54, 1.807) is 11.7 Å². The number of piperazine rings is 1. The molecule has 1 aromatic rings. The van der Waals surface area contributed by atoms with E-state index in [4.69, 9.17) is 5.73 Å². The normalized spacial score (nSPS) is 21.3. The molecule has 2 N–H and O–H groups in total. The monoisotopic (exact) mass is 251 g/mol. The highest BCUT2D eigenvalue weighted by Crippen LogP contribution is 2.20. The number of likely N-dealkylation sites (N-methyl/N-ethyl adjacent to an activating group) is 1. The van der Waals surface area contributed by atoms with Crippen molar-refractivity contribution in [1.29, 1.82) is 0 Å². The maximum absolute atomic E-state index is 12.5. The standard InChI is InChI=1S/C12H21N5O/c1-8-7-15(3)5-6-17(8)12(18)11-10(13)9(2)14-16(11)4/h8H,5-7,13H2,1-4H3. The molecular weight excluding hydrogens is 230 g/mol. The molecule has 1 fully saturated rings. The second kappa shape index (κ2) is 4.61. The van der Waals surface area contributed by atoms with Gasteiger partial charge in [-0.3, -0.25) is 9.48 Å². The Labute approximate surface area is 107 Å².